The lowest BCUT2D eigenvalue weighted by Crippen LogP contribution is -2.07. The van der Waals surface area contributed by atoms with Gasteiger partial charge in [0, 0.05) is 21.6 Å². The number of thiazole rings is 1. The van der Waals surface area contributed by atoms with E-state index in [-0.39, 0.29) is 12.4 Å². The number of ether oxygens (including phenoxy) is 2. The van der Waals surface area contributed by atoms with Crippen molar-refractivity contribution in [3.8, 4) is 5.75 Å². The van der Waals surface area contributed by atoms with Crippen LogP contribution in [0.4, 0.5) is 10.8 Å². The number of benzene rings is 1. The highest BCUT2D eigenvalue weighted by Crippen LogP contribution is 2.28. The highest BCUT2D eigenvalue weighted by Gasteiger charge is 2.09. The zero-order valence-electron chi connectivity index (χ0n) is 11.7. The normalized spacial score (nSPS) is 10.2. The number of halogens is 1. The minimum Gasteiger partial charge on any atom is -0.497 e. The summed E-state index contributed by atoms with van der Waals surface area (Å²) in [5.74, 6) is 0.480. The second-order valence-electron chi connectivity index (χ2n) is 4.13. The van der Waals surface area contributed by atoms with Crippen molar-refractivity contribution in [2.75, 3.05) is 19.0 Å². The lowest BCUT2D eigenvalue weighted by molar-refractivity contribution is -0.142. The molecule has 0 fully saturated rings. The third kappa shape index (κ3) is 4.71. The van der Waals surface area contributed by atoms with E-state index >= 15 is 0 Å². The zero-order chi connectivity index (χ0) is 15.2. The first kappa shape index (κ1) is 15.8. The molecule has 0 aliphatic heterocycles. The van der Waals surface area contributed by atoms with Crippen molar-refractivity contribution in [2.24, 2.45) is 0 Å². The van der Waals surface area contributed by atoms with Crippen molar-refractivity contribution in [3.63, 3.8) is 0 Å². The molecule has 0 aliphatic carbocycles. The average Bonchev–Trinajstić information content (AvgIpc) is 2.85. The smallest absolute Gasteiger partial charge is 0.311 e. The molecule has 112 valence electrons. The van der Waals surface area contributed by atoms with Crippen molar-refractivity contribution in [1.29, 1.82) is 0 Å². The van der Waals surface area contributed by atoms with Crippen molar-refractivity contribution in [1.82, 2.24) is 4.98 Å². The number of nitrogens with zero attached hydrogens (tertiary/aromatic N) is 1. The lowest BCUT2D eigenvalue weighted by atomic mass is 10.3. The number of rotatable bonds is 6. The number of hydrogen-bond donors (Lipinski definition) is 1. The van der Waals surface area contributed by atoms with Crippen molar-refractivity contribution >= 4 is 44.1 Å². The molecule has 0 unspecified atom stereocenters. The van der Waals surface area contributed by atoms with E-state index in [1.54, 1.807) is 14.0 Å². The Morgan fingerprint density at radius 3 is 2.95 bits per heavy atom. The van der Waals surface area contributed by atoms with Gasteiger partial charge < -0.3 is 14.8 Å². The average molecular weight is 371 g/mol. The molecule has 1 aromatic carbocycles. The summed E-state index contributed by atoms with van der Waals surface area (Å²) in [6.07, 6.45) is 0.188. The van der Waals surface area contributed by atoms with E-state index in [0.717, 1.165) is 21.0 Å². The fraction of sp³-hybridized carbons (Fsp3) is 0.286. The summed E-state index contributed by atoms with van der Waals surface area (Å²) in [6, 6.07) is 5.67. The third-order valence-corrected chi connectivity index (χ3v) is 3.81. The van der Waals surface area contributed by atoms with Crippen LogP contribution in [0.5, 0.6) is 5.75 Å². The first-order valence-electron chi connectivity index (χ1n) is 6.32. The standard InChI is InChI=1S/C14H15BrN2O3S/c1-3-20-13(18)7-11-8-21-14(17-11)16-10-4-9(15)5-12(6-10)19-2/h4-6,8H,3,7H2,1-2H3,(H,16,17). The second kappa shape index (κ2) is 7.42. The number of carbonyl (C=O) groups is 1. The molecule has 0 aliphatic rings. The van der Waals surface area contributed by atoms with Gasteiger partial charge in [0.1, 0.15) is 5.75 Å². The Morgan fingerprint density at radius 2 is 2.24 bits per heavy atom. The lowest BCUT2D eigenvalue weighted by Gasteiger charge is -2.06. The van der Waals surface area contributed by atoms with E-state index < -0.39 is 0 Å². The molecule has 0 saturated heterocycles. The van der Waals surface area contributed by atoms with E-state index in [2.05, 4.69) is 26.2 Å². The SMILES string of the molecule is CCOC(=O)Cc1csc(Nc2cc(Br)cc(OC)c2)n1. The largest absolute Gasteiger partial charge is 0.497 e. The van der Waals surface area contributed by atoms with Crippen LogP contribution in [0, 0.1) is 0 Å². The minimum absolute atomic E-state index is 0.188. The molecule has 0 spiro atoms. The molecule has 1 N–H and O–H groups in total. The molecular weight excluding hydrogens is 356 g/mol. The van der Waals surface area contributed by atoms with Crippen LogP contribution in [0.15, 0.2) is 28.1 Å². The topological polar surface area (TPSA) is 60.5 Å². The molecule has 0 amide bonds. The molecule has 2 aromatic rings. The van der Waals surface area contributed by atoms with E-state index in [0.29, 0.717) is 12.3 Å². The Balaban J connectivity index is 2.05. The summed E-state index contributed by atoms with van der Waals surface area (Å²) in [7, 11) is 1.62. The van der Waals surface area contributed by atoms with E-state index in [9.17, 15) is 4.79 Å². The van der Waals surface area contributed by atoms with Gasteiger partial charge in [0.2, 0.25) is 0 Å². The monoisotopic (exact) mass is 370 g/mol. The number of anilines is 2. The third-order valence-electron chi connectivity index (χ3n) is 2.54. The Hall–Kier alpha value is -1.60. The van der Waals surface area contributed by atoms with Gasteiger partial charge in [-0.1, -0.05) is 15.9 Å². The molecule has 0 atom stereocenters. The van der Waals surface area contributed by atoms with Crippen LogP contribution in [-0.2, 0) is 16.0 Å². The van der Waals surface area contributed by atoms with Gasteiger partial charge in [-0.05, 0) is 19.1 Å². The summed E-state index contributed by atoms with van der Waals surface area (Å²) >= 11 is 4.86. The van der Waals surface area contributed by atoms with Gasteiger partial charge in [0.25, 0.3) is 0 Å². The van der Waals surface area contributed by atoms with Crippen LogP contribution in [0.2, 0.25) is 0 Å². The van der Waals surface area contributed by atoms with Gasteiger partial charge in [-0.25, -0.2) is 4.98 Å². The Morgan fingerprint density at radius 1 is 1.43 bits per heavy atom. The highest BCUT2D eigenvalue weighted by atomic mass is 79.9. The Bertz CT molecular complexity index is 630. The quantitative estimate of drug-likeness (QED) is 0.784. The maximum absolute atomic E-state index is 11.4. The van der Waals surface area contributed by atoms with Crippen molar-refractivity contribution in [3.05, 3.63) is 33.7 Å². The van der Waals surface area contributed by atoms with Gasteiger partial charge in [0.05, 0.1) is 25.8 Å². The molecule has 1 heterocycles. The van der Waals surface area contributed by atoms with Crippen LogP contribution >= 0.6 is 27.3 Å². The summed E-state index contributed by atoms with van der Waals surface area (Å²) < 4.78 is 11.0. The van der Waals surface area contributed by atoms with Crippen LogP contribution in [0.3, 0.4) is 0 Å². The maximum atomic E-state index is 11.4. The Kier molecular flexibility index (Phi) is 5.58. The molecule has 0 bridgehead atoms. The minimum atomic E-state index is -0.265. The Labute approximate surface area is 135 Å². The van der Waals surface area contributed by atoms with E-state index in [1.165, 1.54) is 11.3 Å². The number of aromatic nitrogens is 1. The van der Waals surface area contributed by atoms with Gasteiger partial charge in [0.15, 0.2) is 5.13 Å². The number of carbonyl (C=O) groups excluding carboxylic acids is 1. The fourth-order valence-corrected chi connectivity index (χ4v) is 2.88. The van der Waals surface area contributed by atoms with Gasteiger partial charge in [-0.2, -0.15) is 0 Å². The van der Waals surface area contributed by atoms with Crippen LogP contribution in [-0.4, -0.2) is 24.7 Å². The number of nitrogens with one attached hydrogen (secondary N) is 1. The summed E-state index contributed by atoms with van der Waals surface area (Å²) in [5, 5.41) is 5.75. The molecule has 1 aromatic heterocycles. The molecule has 0 saturated carbocycles. The van der Waals surface area contributed by atoms with E-state index in [1.807, 2.05) is 23.6 Å². The first-order chi connectivity index (χ1) is 10.1. The maximum Gasteiger partial charge on any atom is 0.311 e. The zero-order valence-corrected chi connectivity index (χ0v) is 14.1. The van der Waals surface area contributed by atoms with Crippen LogP contribution in [0.1, 0.15) is 12.6 Å². The van der Waals surface area contributed by atoms with Gasteiger partial charge >= 0.3 is 5.97 Å². The second-order valence-corrected chi connectivity index (χ2v) is 5.90. The van der Waals surface area contributed by atoms with Gasteiger partial charge in [-0.15, -0.1) is 11.3 Å². The van der Waals surface area contributed by atoms with Gasteiger partial charge in [-0.3, -0.25) is 4.79 Å². The van der Waals surface area contributed by atoms with Crippen LogP contribution < -0.4 is 10.1 Å². The van der Waals surface area contributed by atoms with Crippen LogP contribution in [0.25, 0.3) is 0 Å². The molecule has 2 rings (SSSR count). The molecule has 7 heteroatoms. The molecule has 5 nitrogen and oxygen atoms in total. The predicted octanol–water partition coefficient (Wildman–Crippen LogP) is 3.76. The first-order valence-corrected chi connectivity index (χ1v) is 7.99. The number of esters is 1. The summed E-state index contributed by atoms with van der Waals surface area (Å²) in [6.45, 7) is 2.17. The van der Waals surface area contributed by atoms with Crippen molar-refractivity contribution < 1.29 is 14.3 Å². The molecule has 0 radical (unpaired) electrons. The highest BCUT2D eigenvalue weighted by molar-refractivity contribution is 9.10. The summed E-state index contributed by atoms with van der Waals surface area (Å²) in [5.41, 5.74) is 1.56. The summed E-state index contributed by atoms with van der Waals surface area (Å²) in [4.78, 5) is 15.8. The van der Waals surface area contributed by atoms with Crippen molar-refractivity contribution in [2.45, 2.75) is 13.3 Å². The number of methoxy groups -OCH3 is 1. The number of hydrogen-bond acceptors (Lipinski definition) is 6. The molecular formula is C14H15BrN2O3S. The predicted molar refractivity (Wildman–Crippen MR) is 86.4 cm³/mol. The fourth-order valence-electron chi connectivity index (χ4n) is 1.68. The molecule has 21 heavy (non-hydrogen) atoms. The van der Waals surface area contributed by atoms with E-state index in [4.69, 9.17) is 9.47 Å².